The van der Waals surface area contributed by atoms with Crippen LogP contribution in [0.1, 0.15) is 30.2 Å². The Morgan fingerprint density at radius 1 is 1.03 bits per heavy atom. The fourth-order valence-electron chi connectivity index (χ4n) is 3.25. The topological polar surface area (TPSA) is 80.9 Å². The van der Waals surface area contributed by atoms with Gasteiger partial charge < -0.3 is 24.5 Å². The van der Waals surface area contributed by atoms with E-state index in [1.54, 1.807) is 20.5 Å². The predicted molar refractivity (Wildman–Crippen MR) is 143 cm³/mol. The molecule has 0 unspecified atom stereocenters. The third kappa shape index (κ3) is 7.96. The Balaban J connectivity index is 0.00000385. The molecular formula is C25H33IN4O3. The Bertz CT molecular complexity index is 1020. The number of aryl methyl sites for hydroxylation is 2. The van der Waals surface area contributed by atoms with Gasteiger partial charge in [0.25, 0.3) is 0 Å². The van der Waals surface area contributed by atoms with Gasteiger partial charge in [0.1, 0.15) is 12.0 Å². The van der Waals surface area contributed by atoms with Gasteiger partial charge in [0.2, 0.25) is 5.89 Å². The van der Waals surface area contributed by atoms with Gasteiger partial charge in [-0.2, -0.15) is 0 Å². The normalized spacial score (nSPS) is 11.0. The number of benzene rings is 2. The van der Waals surface area contributed by atoms with E-state index in [1.165, 1.54) is 11.1 Å². The lowest BCUT2D eigenvalue weighted by molar-refractivity contribution is 0.354. The van der Waals surface area contributed by atoms with E-state index in [1.807, 2.05) is 43.3 Å². The summed E-state index contributed by atoms with van der Waals surface area (Å²) >= 11 is 0. The molecule has 33 heavy (non-hydrogen) atoms. The van der Waals surface area contributed by atoms with Crippen LogP contribution < -0.4 is 20.1 Å². The van der Waals surface area contributed by atoms with Crippen LogP contribution in [-0.4, -0.2) is 38.3 Å². The minimum Gasteiger partial charge on any atom is -0.493 e. The molecule has 0 atom stereocenters. The van der Waals surface area contributed by atoms with Crippen LogP contribution >= 0.6 is 24.0 Å². The second-order valence-corrected chi connectivity index (χ2v) is 7.42. The fraction of sp³-hybridized carbons (Fsp3) is 0.360. The number of ether oxygens (including phenoxy) is 2. The predicted octanol–water partition coefficient (Wildman–Crippen LogP) is 4.97. The fourth-order valence-corrected chi connectivity index (χ4v) is 3.25. The van der Waals surface area contributed by atoms with Gasteiger partial charge in [0.05, 0.1) is 20.8 Å². The molecule has 0 bridgehead atoms. The molecule has 0 aliphatic rings. The van der Waals surface area contributed by atoms with Gasteiger partial charge in [-0.25, -0.2) is 9.98 Å². The number of hydrogen-bond donors (Lipinski definition) is 2. The van der Waals surface area contributed by atoms with E-state index in [9.17, 15) is 0 Å². The maximum Gasteiger partial charge on any atom is 0.226 e. The number of halogens is 1. The van der Waals surface area contributed by atoms with Crippen molar-refractivity contribution in [2.45, 2.75) is 33.2 Å². The molecule has 1 aromatic heterocycles. The highest BCUT2D eigenvalue weighted by atomic mass is 127. The van der Waals surface area contributed by atoms with E-state index < -0.39 is 0 Å². The summed E-state index contributed by atoms with van der Waals surface area (Å²) in [5.41, 5.74) is 4.17. The van der Waals surface area contributed by atoms with Crippen molar-refractivity contribution in [1.82, 2.24) is 15.6 Å². The van der Waals surface area contributed by atoms with Crippen molar-refractivity contribution in [2.75, 3.05) is 27.3 Å². The largest absolute Gasteiger partial charge is 0.493 e. The van der Waals surface area contributed by atoms with Crippen LogP contribution in [0, 0.1) is 6.92 Å². The second kappa shape index (κ2) is 13.7. The van der Waals surface area contributed by atoms with Crippen LogP contribution in [0.15, 0.2) is 58.1 Å². The molecule has 0 amide bonds. The third-order valence-corrected chi connectivity index (χ3v) is 4.98. The van der Waals surface area contributed by atoms with Gasteiger partial charge >= 0.3 is 0 Å². The van der Waals surface area contributed by atoms with Crippen molar-refractivity contribution in [3.05, 3.63) is 65.5 Å². The van der Waals surface area contributed by atoms with Crippen molar-refractivity contribution in [2.24, 2.45) is 4.99 Å². The molecule has 0 spiro atoms. The number of hydrogen-bond acceptors (Lipinski definition) is 5. The van der Waals surface area contributed by atoms with Crippen molar-refractivity contribution in [3.63, 3.8) is 0 Å². The van der Waals surface area contributed by atoms with Gasteiger partial charge in [-0.15, -0.1) is 24.0 Å². The first kappa shape index (κ1) is 26.5. The van der Waals surface area contributed by atoms with E-state index in [0.29, 0.717) is 12.4 Å². The summed E-state index contributed by atoms with van der Waals surface area (Å²) in [6.07, 6.45) is 3.55. The molecule has 8 heteroatoms. The number of aromatic nitrogens is 1. The molecule has 3 aromatic rings. The highest BCUT2D eigenvalue weighted by molar-refractivity contribution is 14.0. The quantitative estimate of drug-likeness (QED) is 0.157. The highest BCUT2D eigenvalue weighted by Gasteiger charge is 2.07. The molecule has 7 nitrogen and oxygen atoms in total. The van der Waals surface area contributed by atoms with E-state index in [4.69, 9.17) is 13.9 Å². The maximum absolute atomic E-state index is 5.63. The lowest BCUT2D eigenvalue weighted by Crippen LogP contribution is -2.37. The highest BCUT2D eigenvalue weighted by Crippen LogP contribution is 2.27. The molecule has 0 radical (unpaired) electrons. The average molecular weight is 564 g/mol. The number of methoxy groups -OCH3 is 2. The molecule has 2 aromatic carbocycles. The molecule has 2 N–H and O–H groups in total. The van der Waals surface area contributed by atoms with E-state index in [2.05, 4.69) is 33.6 Å². The zero-order chi connectivity index (χ0) is 22.8. The van der Waals surface area contributed by atoms with Crippen LogP contribution in [-0.2, 0) is 13.0 Å². The number of aliphatic imine (C=N–C) groups is 1. The minimum atomic E-state index is 0. The summed E-state index contributed by atoms with van der Waals surface area (Å²) in [6.45, 7) is 6.14. The number of guanidine groups is 1. The summed E-state index contributed by atoms with van der Waals surface area (Å²) in [5, 5.41) is 6.66. The molecule has 0 aliphatic carbocycles. The summed E-state index contributed by atoms with van der Waals surface area (Å²) < 4.78 is 16.3. The molecule has 0 fully saturated rings. The Morgan fingerprint density at radius 3 is 2.48 bits per heavy atom. The molecule has 1 heterocycles. The Kier molecular flexibility index (Phi) is 11.0. The van der Waals surface area contributed by atoms with Crippen LogP contribution in [0.4, 0.5) is 0 Å². The van der Waals surface area contributed by atoms with Crippen LogP contribution in [0.5, 0.6) is 11.5 Å². The van der Waals surface area contributed by atoms with E-state index >= 15 is 0 Å². The maximum atomic E-state index is 5.63. The monoisotopic (exact) mass is 564 g/mol. The minimum absolute atomic E-state index is 0. The number of oxazole rings is 1. The van der Waals surface area contributed by atoms with Crippen LogP contribution in [0.2, 0.25) is 0 Å². The van der Waals surface area contributed by atoms with Gasteiger partial charge in [-0.3, -0.25) is 0 Å². The molecule has 0 saturated carbocycles. The Labute approximate surface area is 213 Å². The first-order valence-corrected chi connectivity index (χ1v) is 10.9. The first-order valence-electron chi connectivity index (χ1n) is 10.9. The summed E-state index contributed by atoms with van der Waals surface area (Å²) in [4.78, 5) is 9.19. The van der Waals surface area contributed by atoms with Gasteiger partial charge in [-0.05, 0) is 56.5 Å². The smallest absolute Gasteiger partial charge is 0.226 e. The molecule has 3 rings (SSSR count). The van der Waals surface area contributed by atoms with Crippen molar-refractivity contribution < 1.29 is 13.9 Å². The zero-order valence-corrected chi connectivity index (χ0v) is 22.0. The van der Waals surface area contributed by atoms with Crippen LogP contribution in [0.25, 0.3) is 11.5 Å². The van der Waals surface area contributed by atoms with Gasteiger partial charge in [0.15, 0.2) is 17.5 Å². The third-order valence-electron chi connectivity index (χ3n) is 4.98. The SMILES string of the molecule is CCNC(=NCc1coc(-c2ccc(C)cc2)n1)NCCCc1ccc(OC)c(OC)c1.I. The zero-order valence-electron chi connectivity index (χ0n) is 19.7. The first-order chi connectivity index (χ1) is 15.6. The van der Waals surface area contributed by atoms with E-state index in [0.717, 1.165) is 54.6 Å². The number of rotatable bonds is 10. The second-order valence-electron chi connectivity index (χ2n) is 7.42. The van der Waals surface area contributed by atoms with E-state index in [-0.39, 0.29) is 24.0 Å². The molecule has 178 valence electrons. The van der Waals surface area contributed by atoms with Crippen molar-refractivity contribution >= 4 is 29.9 Å². The summed E-state index contributed by atoms with van der Waals surface area (Å²) in [6, 6.07) is 14.1. The lowest BCUT2D eigenvalue weighted by atomic mass is 10.1. The number of nitrogens with one attached hydrogen (secondary N) is 2. The number of nitrogens with zero attached hydrogens (tertiary/aromatic N) is 2. The Morgan fingerprint density at radius 2 is 1.79 bits per heavy atom. The molecular weight excluding hydrogens is 531 g/mol. The van der Waals surface area contributed by atoms with Crippen molar-refractivity contribution in [3.8, 4) is 23.0 Å². The standard InChI is InChI=1S/C25H32N4O3.HI/c1-5-26-25(27-14-6-7-19-10-13-22(30-3)23(15-19)31-4)28-16-21-17-32-24(29-21)20-11-8-18(2)9-12-20;/h8-13,15,17H,5-7,14,16H2,1-4H3,(H2,26,27,28);1H. The van der Waals surface area contributed by atoms with Crippen molar-refractivity contribution in [1.29, 1.82) is 0 Å². The van der Waals surface area contributed by atoms with Gasteiger partial charge in [0, 0.05) is 18.7 Å². The summed E-state index contributed by atoms with van der Waals surface area (Å²) in [7, 11) is 3.30. The average Bonchev–Trinajstić information content (AvgIpc) is 3.29. The van der Waals surface area contributed by atoms with Crippen LogP contribution in [0.3, 0.4) is 0 Å². The van der Waals surface area contributed by atoms with Gasteiger partial charge in [-0.1, -0.05) is 23.8 Å². The molecule has 0 aliphatic heterocycles. The Hall–Kier alpha value is -2.75. The summed E-state index contributed by atoms with van der Waals surface area (Å²) in [5.74, 6) is 2.88. The molecule has 0 saturated heterocycles. The lowest BCUT2D eigenvalue weighted by Gasteiger charge is -2.12.